The molecule has 94 valence electrons. The average Bonchev–Trinajstić information content (AvgIpc) is 2.69. The first kappa shape index (κ1) is 10.9. The molecule has 19 heavy (non-hydrogen) atoms. The molecule has 2 aromatic rings. The van der Waals surface area contributed by atoms with E-state index in [9.17, 15) is 4.79 Å². The van der Waals surface area contributed by atoms with Gasteiger partial charge in [-0.3, -0.25) is 4.79 Å². The fourth-order valence-electron chi connectivity index (χ4n) is 3.44. The first-order valence-corrected chi connectivity index (χ1v) is 6.63. The van der Waals surface area contributed by atoms with Gasteiger partial charge in [0, 0.05) is 17.0 Å². The van der Waals surface area contributed by atoms with Crippen molar-refractivity contribution < 1.29 is 9.53 Å². The number of hydrogen-bond acceptors (Lipinski definition) is 2. The van der Waals surface area contributed by atoms with Crippen molar-refractivity contribution in [1.82, 2.24) is 0 Å². The molecular weight excluding hydrogens is 236 g/mol. The van der Waals surface area contributed by atoms with E-state index in [0.717, 1.165) is 21.9 Å². The van der Waals surface area contributed by atoms with Gasteiger partial charge in [-0.25, -0.2) is 0 Å². The molecule has 2 aromatic carbocycles. The van der Waals surface area contributed by atoms with E-state index in [-0.39, 0.29) is 11.7 Å². The molecule has 0 bridgehead atoms. The van der Waals surface area contributed by atoms with Crippen LogP contribution in [0.1, 0.15) is 22.8 Å². The number of fused-ring (bicyclic) bond motifs is 1. The maximum Gasteiger partial charge on any atom is 0.200 e. The molecule has 1 saturated heterocycles. The van der Waals surface area contributed by atoms with Crippen LogP contribution >= 0.6 is 0 Å². The lowest BCUT2D eigenvalue weighted by Gasteiger charge is -2.44. The molecule has 1 aliphatic carbocycles. The third kappa shape index (κ3) is 1.13. The zero-order valence-corrected chi connectivity index (χ0v) is 10.7. The topological polar surface area (TPSA) is 26.3 Å². The van der Waals surface area contributed by atoms with Crippen molar-refractivity contribution in [2.75, 3.05) is 6.61 Å². The first-order valence-electron chi connectivity index (χ1n) is 6.63. The molecule has 1 fully saturated rings. The maximum atomic E-state index is 12.8. The minimum absolute atomic E-state index is 0.119. The molecule has 0 amide bonds. The molecule has 2 unspecified atom stereocenters. The number of allylic oxidation sites excluding steroid dienone is 1. The van der Waals surface area contributed by atoms with E-state index in [1.807, 2.05) is 37.3 Å². The van der Waals surface area contributed by atoms with E-state index in [0.29, 0.717) is 6.61 Å². The Kier molecular flexibility index (Phi) is 2.04. The van der Waals surface area contributed by atoms with Crippen LogP contribution in [0.5, 0.6) is 0 Å². The van der Waals surface area contributed by atoms with Gasteiger partial charge in [0.2, 0.25) is 5.78 Å². The second-order valence-corrected chi connectivity index (χ2v) is 5.22. The van der Waals surface area contributed by atoms with Gasteiger partial charge in [-0.05, 0) is 17.7 Å². The van der Waals surface area contributed by atoms with Gasteiger partial charge in [-0.2, -0.15) is 0 Å². The molecule has 2 aliphatic rings. The van der Waals surface area contributed by atoms with E-state index in [1.165, 1.54) is 0 Å². The zero-order valence-electron chi connectivity index (χ0n) is 10.7. The third-order valence-corrected chi connectivity index (χ3v) is 4.32. The van der Waals surface area contributed by atoms with E-state index in [4.69, 9.17) is 4.74 Å². The number of carbonyl (C=O) groups is 1. The van der Waals surface area contributed by atoms with Gasteiger partial charge in [0.25, 0.3) is 0 Å². The Morgan fingerprint density at radius 1 is 1.26 bits per heavy atom. The van der Waals surface area contributed by atoms with E-state index in [2.05, 4.69) is 18.2 Å². The van der Waals surface area contributed by atoms with E-state index in [1.54, 1.807) is 0 Å². The molecule has 4 rings (SSSR count). The van der Waals surface area contributed by atoms with Crippen LogP contribution in [0.15, 0.2) is 48.6 Å². The number of ketones is 1. The Balaban J connectivity index is 2.04. The van der Waals surface area contributed by atoms with Gasteiger partial charge in [-0.1, -0.05) is 48.6 Å². The maximum absolute atomic E-state index is 12.8. The largest absolute Gasteiger partial charge is 0.361 e. The van der Waals surface area contributed by atoms with Crippen LogP contribution in [0.2, 0.25) is 0 Å². The summed E-state index contributed by atoms with van der Waals surface area (Å²) in [7, 11) is 0. The molecule has 2 nitrogen and oxygen atoms in total. The number of carbonyl (C=O) groups excluding carboxylic acids is 1. The van der Waals surface area contributed by atoms with Crippen molar-refractivity contribution >= 4 is 16.6 Å². The lowest BCUT2D eigenvalue weighted by Crippen LogP contribution is -2.53. The highest BCUT2D eigenvalue weighted by atomic mass is 16.5. The molecule has 0 N–H and O–H groups in total. The van der Waals surface area contributed by atoms with E-state index < -0.39 is 5.60 Å². The summed E-state index contributed by atoms with van der Waals surface area (Å²) in [5.74, 6) is 0.275. The van der Waals surface area contributed by atoms with Crippen LogP contribution in [0, 0.1) is 5.92 Å². The third-order valence-electron chi connectivity index (χ3n) is 4.32. The highest BCUT2D eigenvalue weighted by Gasteiger charge is 2.58. The van der Waals surface area contributed by atoms with Crippen LogP contribution in [-0.4, -0.2) is 12.4 Å². The summed E-state index contributed by atoms with van der Waals surface area (Å²) in [4.78, 5) is 12.8. The molecular formula is C17H14O2. The Labute approximate surface area is 111 Å². The minimum atomic E-state index is -0.754. The monoisotopic (exact) mass is 250 g/mol. The van der Waals surface area contributed by atoms with Gasteiger partial charge in [0.1, 0.15) is 0 Å². The summed E-state index contributed by atoms with van der Waals surface area (Å²) in [6, 6.07) is 12.0. The summed E-state index contributed by atoms with van der Waals surface area (Å²) < 4.78 is 5.83. The van der Waals surface area contributed by atoms with Gasteiger partial charge in [0.05, 0.1) is 6.61 Å². The lowest BCUT2D eigenvalue weighted by molar-refractivity contribution is -0.156. The fraction of sp³-hybridized carbons (Fsp3) is 0.235. The normalized spacial score (nSPS) is 28.5. The molecule has 0 aromatic heterocycles. The van der Waals surface area contributed by atoms with Gasteiger partial charge in [0.15, 0.2) is 5.60 Å². The summed E-state index contributed by atoms with van der Waals surface area (Å²) in [5.41, 5.74) is 1.10. The second-order valence-electron chi connectivity index (χ2n) is 5.22. The molecule has 0 saturated carbocycles. The van der Waals surface area contributed by atoms with Crippen molar-refractivity contribution in [3.63, 3.8) is 0 Å². The minimum Gasteiger partial charge on any atom is -0.361 e. The number of Topliss-reactive ketones (excluding diaryl/α,β-unsaturated/α-hetero) is 1. The summed E-state index contributed by atoms with van der Waals surface area (Å²) in [5, 5.41) is 2.19. The van der Waals surface area contributed by atoms with Crippen molar-refractivity contribution in [3.8, 4) is 0 Å². The fourth-order valence-corrected chi connectivity index (χ4v) is 3.44. The summed E-state index contributed by atoms with van der Waals surface area (Å²) >= 11 is 0. The molecule has 2 heteroatoms. The average molecular weight is 250 g/mol. The van der Waals surface area contributed by atoms with Crippen LogP contribution < -0.4 is 0 Å². The molecule has 2 atom stereocenters. The SMILES string of the molecule is C/C=C/C1COC12C(=O)c1cccc3cccc2c13. The summed E-state index contributed by atoms with van der Waals surface area (Å²) in [6.45, 7) is 2.61. The number of benzene rings is 2. The van der Waals surface area contributed by atoms with E-state index >= 15 is 0 Å². The van der Waals surface area contributed by atoms with Crippen molar-refractivity contribution in [1.29, 1.82) is 0 Å². The zero-order chi connectivity index (χ0) is 13.0. The number of rotatable bonds is 1. The Morgan fingerprint density at radius 3 is 2.74 bits per heavy atom. The Hall–Kier alpha value is -1.93. The second kappa shape index (κ2) is 3.55. The van der Waals surface area contributed by atoms with Crippen LogP contribution in [-0.2, 0) is 10.3 Å². The van der Waals surface area contributed by atoms with Crippen LogP contribution in [0.25, 0.3) is 10.8 Å². The molecule has 1 heterocycles. The Bertz CT molecular complexity index is 724. The predicted molar refractivity (Wildman–Crippen MR) is 74.2 cm³/mol. The standard InChI is InChI=1S/C17H14O2/c1-2-5-12-10-19-17(12)14-9-4-7-11-6-3-8-13(15(11)14)16(17)18/h2-9,12H,10H2,1H3/b5-2+. The first-order chi connectivity index (χ1) is 9.29. The molecule has 0 radical (unpaired) electrons. The highest BCUT2D eigenvalue weighted by molar-refractivity contribution is 6.20. The van der Waals surface area contributed by atoms with Crippen molar-refractivity contribution in [2.24, 2.45) is 5.92 Å². The van der Waals surface area contributed by atoms with Gasteiger partial charge >= 0.3 is 0 Å². The Morgan fingerprint density at radius 2 is 2.05 bits per heavy atom. The number of hydrogen-bond donors (Lipinski definition) is 0. The van der Waals surface area contributed by atoms with Crippen molar-refractivity contribution in [3.05, 3.63) is 59.7 Å². The summed E-state index contributed by atoms with van der Waals surface area (Å²) in [6.07, 6.45) is 4.09. The molecule has 1 aliphatic heterocycles. The van der Waals surface area contributed by atoms with Gasteiger partial charge < -0.3 is 4.74 Å². The smallest absolute Gasteiger partial charge is 0.200 e. The predicted octanol–water partition coefficient (Wildman–Crippen LogP) is 3.45. The van der Waals surface area contributed by atoms with Gasteiger partial charge in [-0.15, -0.1) is 0 Å². The van der Waals surface area contributed by atoms with Crippen LogP contribution in [0.3, 0.4) is 0 Å². The lowest BCUT2D eigenvalue weighted by atomic mass is 9.76. The van der Waals surface area contributed by atoms with Crippen molar-refractivity contribution in [2.45, 2.75) is 12.5 Å². The highest BCUT2D eigenvalue weighted by Crippen LogP contribution is 2.53. The van der Waals surface area contributed by atoms with Crippen LogP contribution in [0.4, 0.5) is 0 Å². The number of ether oxygens (including phenoxy) is 1. The molecule has 1 spiro atoms. The quantitative estimate of drug-likeness (QED) is 0.724.